The zero-order chi connectivity index (χ0) is 20.4. The summed E-state index contributed by atoms with van der Waals surface area (Å²) < 4.78 is 1.67. The van der Waals surface area contributed by atoms with Gasteiger partial charge in [-0.3, -0.25) is 9.59 Å². The summed E-state index contributed by atoms with van der Waals surface area (Å²) in [5.74, 6) is -0.0925. The highest BCUT2D eigenvalue weighted by atomic mass is 35.5. The minimum atomic E-state index is -0.387. The number of amides is 2. The summed E-state index contributed by atoms with van der Waals surface area (Å²) in [4.78, 5) is 30.1. The third kappa shape index (κ3) is 4.04. The quantitative estimate of drug-likeness (QED) is 0.769. The SMILES string of the molecule is Cc1nn(Cc2ccccc2)c(Cl)c1C(=O)N1CCCCC1C(=O)N1CCCC1. The molecule has 4 rings (SSSR count). The number of aryl methyl sites for hydroxylation is 1. The van der Waals surface area contributed by atoms with Crippen LogP contribution in [-0.2, 0) is 11.3 Å². The van der Waals surface area contributed by atoms with Crippen LogP contribution in [0.2, 0.25) is 5.15 Å². The van der Waals surface area contributed by atoms with E-state index in [1.807, 2.05) is 42.2 Å². The van der Waals surface area contributed by atoms with Crippen LogP contribution in [0.15, 0.2) is 30.3 Å². The Labute approximate surface area is 176 Å². The van der Waals surface area contributed by atoms with Crippen molar-refractivity contribution in [2.24, 2.45) is 0 Å². The Balaban J connectivity index is 1.58. The zero-order valence-electron chi connectivity index (χ0n) is 16.8. The number of nitrogens with zero attached hydrogens (tertiary/aromatic N) is 4. The first-order valence-electron chi connectivity index (χ1n) is 10.4. The molecule has 0 aliphatic carbocycles. The second-order valence-corrected chi connectivity index (χ2v) is 8.30. The molecule has 0 N–H and O–H groups in total. The Kier molecular flexibility index (Phi) is 5.90. The Morgan fingerprint density at radius 3 is 2.48 bits per heavy atom. The molecule has 154 valence electrons. The lowest BCUT2D eigenvalue weighted by Gasteiger charge is -2.36. The number of carbonyl (C=O) groups excluding carboxylic acids is 2. The average Bonchev–Trinajstić information content (AvgIpc) is 3.37. The van der Waals surface area contributed by atoms with E-state index >= 15 is 0 Å². The van der Waals surface area contributed by atoms with Gasteiger partial charge in [-0.25, -0.2) is 4.68 Å². The van der Waals surface area contributed by atoms with Crippen LogP contribution in [0.3, 0.4) is 0 Å². The molecule has 2 amide bonds. The van der Waals surface area contributed by atoms with Crippen LogP contribution in [0.5, 0.6) is 0 Å². The number of carbonyl (C=O) groups is 2. The van der Waals surface area contributed by atoms with Gasteiger partial charge in [-0.05, 0) is 44.6 Å². The van der Waals surface area contributed by atoms with Crippen LogP contribution < -0.4 is 0 Å². The number of halogens is 1. The lowest BCUT2D eigenvalue weighted by atomic mass is 9.99. The largest absolute Gasteiger partial charge is 0.341 e. The van der Waals surface area contributed by atoms with Gasteiger partial charge in [0, 0.05) is 19.6 Å². The Morgan fingerprint density at radius 2 is 1.76 bits per heavy atom. The number of rotatable bonds is 4. The standard InChI is InChI=1S/C22H27ClN4O2/c1-16-19(20(23)27(24-16)15-17-9-3-2-4-10-17)22(29)26-14-6-5-11-18(26)21(28)25-12-7-8-13-25/h2-4,9-10,18H,5-8,11-15H2,1H3. The van der Waals surface area contributed by atoms with E-state index in [2.05, 4.69) is 5.10 Å². The monoisotopic (exact) mass is 414 g/mol. The lowest BCUT2D eigenvalue weighted by Crippen LogP contribution is -2.52. The summed E-state index contributed by atoms with van der Waals surface area (Å²) in [6, 6.07) is 9.51. The van der Waals surface area contributed by atoms with Gasteiger partial charge >= 0.3 is 0 Å². The Morgan fingerprint density at radius 1 is 1.07 bits per heavy atom. The van der Waals surface area contributed by atoms with E-state index in [4.69, 9.17) is 11.6 Å². The van der Waals surface area contributed by atoms with Crippen molar-refractivity contribution >= 4 is 23.4 Å². The second-order valence-electron chi connectivity index (χ2n) is 7.94. The molecule has 0 spiro atoms. The zero-order valence-corrected chi connectivity index (χ0v) is 17.6. The van der Waals surface area contributed by atoms with Gasteiger partial charge in [0.05, 0.1) is 17.8 Å². The highest BCUT2D eigenvalue weighted by Gasteiger charge is 2.37. The summed E-state index contributed by atoms with van der Waals surface area (Å²) in [5.41, 5.74) is 2.09. The minimum absolute atomic E-state index is 0.0843. The molecule has 1 atom stereocenters. The van der Waals surface area contributed by atoms with Gasteiger partial charge in [0.15, 0.2) is 0 Å². The average molecular weight is 415 g/mol. The molecule has 3 heterocycles. The molecule has 1 aromatic carbocycles. The summed E-state index contributed by atoms with van der Waals surface area (Å²) >= 11 is 6.61. The van der Waals surface area contributed by atoms with Crippen LogP contribution in [0, 0.1) is 6.92 Å². The number of piperidine rings is 1. The van der Waals surface area contributed by atoms with Crippen LogP contribution >= 0.6 is 11.6 Å². The first-order chi connectivity index (χ1) is 14.1. The molecule has 2 aromatic rings. The van der Waals surface area contributed by atoms with E-state index in [-0.39, 0.29) is 17.9 Å². The lowest BCUT2D eigenvalue weighted by molar-refractivity contribution is -0.136. The molecule has 0 radical (unpaired) electrons. The van der Waals surface area contributed by atoms with Crippen molar-refractivity contribution in [3.63, 3.8) is 0 Å². The van der Waals surface area contributed by atoms with E-state index in [0.717, 1.165) is 50.8 Å². The topological polar surface area (TPSA) is 58.4 Å². The van der Waals surface area contributed by atoms with Gasteiger partial charge in [-0.15, -0.1) is 0 Å². The number of hydrogen-bond donors (Lipinski definition) is 0. The predicted molar refractivity (Wildman–Crippen MR) is 112 cm³/mol. The van der Waals surface area contributed by atoms with E-state index in [9.17, 15) is 9.59 Å². The molecule has 2 aliphatic rings. The van der Waals surface area contributed by atoms with Gasteiger partial charge in [0.2, 0.25) is 5.91 Å². The molecule has 2 saturated heterocycles. The minimum Gasteiger partial charge on any atom is -0.341 e. The van der Waals surface area contributed by atoms with Crippen molar-refractivity contribution in [3.05, 3.63) is 52.3 Å². The van der Waals surface area contributed by atoms with Crippen LogP contribution in [-0.4, -0.2) is 57.1 Å². The molecule has 0 bridgehead atoms. The Bertz CT molecular complexity index is 890. The third-order valence-corrected chi connectivity index (χ3v) is 6.31. The fourth-order valence-corrected chi connectivity index (χ4v) is 4.70. The molecule has 7 heteroatoms. The number of hydrogen-bond acceptors (Lipinski definition) is 3. The molecule has 1 aromatic heterocycles. The summed E-state index contributed by atoms with van der Waals surface area (Å²) in [5, 5.41) is 4.85. The van der Waals surface area contributed by atoms with Gasteiger partial charge in [-0.1, -0.05) is 41.9 Å². The number of likely N-dealkylation sites (tertiary alicyclic amines) is 2. The van der Waals surface area contributed by atoms with E-state index in [0.29, 0.717) is 29.5 Å². The van der Waals surface area contributed by atoms with Crippen molar-refractivity contribution in [1.29, 1.82) is 0 Å². The molecule has 2 aliphatic heterocycles. The third-order valence-electron chi connectivity index (χ3n) is 5.92. The molecule has 2 fully saturated rings. The Hall–Kier alpha value is -2.34. The number of benzene rings is 1. The predicted octanol–water partition coefficient (Wildman–Crippen LogP) is 3.51. The highest BCUT2D eigenvalue weighted by molar-refractivity contribution is 6.33. The van der Waals surface area contributed by atoms with Crippen molar-refractivity contribution in [2.75, 3.05) is 19.6 Å². The molecular weight excluding hydrogens is 388 g/mol. The fourth-order valence-electron chi connectivity index (χ4n) is 4.38. The van der Waals surface area contributed by atoms with E-state index < -0.39 is 0 Å². The molecular formula is C22H27ClN4O2. The van der Waals surface area contributed by atoms with Crippen LogP contribution in [0.1, 0.15) is 53.7 Å². The van der Waals surface area contributed by atoms with Crippen molar-refractivity contribution in [3.8, 4) is 0 Å². The molecule has 1 unspecified atom stereocenters. The molecule has 6 nitrogen and oxygen atoms in total. The maximum absolute atomic E-state index is 13.5. The summed E-state index contributed by atoms with van der Waals surface area (Å²) in [7, 11) is 0. The van der Waals surface area contributed by atoms with Gasteiger partial charge in [0.1, 0.15) is 11.2 Å². The first kappa shape index (κ1) is 20.0. The normalized spacial score (nSPS) is 19.6. The molecule has 0 saturated carbocycles. The van der Waals surface area contributed by atoms with Crippen LogP contribution in [0.25, 0.3) is 0 Å². The maximum atomic E-state index is 13.5. The second kappa shape index (κ2) is 8.57. The number of aromatic nitrogens is 2. The van der Waals surface area contributed by atoms with E-state index in [1.165, 1.54) is 0 Å². The fraction of sp³-hybridized carbons (Fsp3) is 0.500. The van der Waals surface area contributed by atoms with Gasteiger partial charge < -0.3 is 9.80 Å². The van der Waals surface area contributed by atoms with Crippen LogP contribution in [0.4, 0.5) is 0 Å². The summed E-state index contributed by atoms with van der Waals surface area (Å²) in [6.45, 7) is 4.49. The van der Waals surface area contributed by atoms with Crippen molar-refractivity contribution < 1.29 is 9.59 Å². The van der Waals surface area contributed by atoms with Gasteiger partial charge in [-0.2, -0.15) is 5.10 Å². The van der Waals surface area contributed by atoms with Gasteiger partial charge in [0.25, 0.3) is 5.91 Å². The smallest absolute Gasteiger partial charge is 0.259 e. The van der Waals surface area contributed by atoms with Crippen molar-refractivity contribution in [1.82, 2.24) is 19.6 Å². The molecule has 29 heavy (non-hydrogen) atoms. The maximum Gasteiger partial charge on any atom is 0.259 e. The first-order valence-corrected chi connectivity index (χ1v) is 10.8. The summed E-state index contributed by atoms with van der Waals surface area (Å²) in [6.07, 6.45) is 4.68. The van der Waals surface area contributed by atoms with Crippen molar-refractivity contribution in [2.45, 2.75) is 51.6 Å². The van der Waals surface area contributed by atoms with E-state index in [1.54, 1.807) is 9.58 Å². The highest BCUT2D eigenvalue weighted by Crippen LogP contribution is 2.28.